The molecule has 2 nitrogen and oxygen atoms in total. The maximum atomic E-state index is 6.20. The van der Waals surface area contributed by atoms with Crippen LogP contribution in [0.4, 0.5) is 0 Å². The van der Waals surface area contributed by atoms with E-state index in [-0.39, 0.29) is 0 Å². The highest BCUT2D eigenvalue weighted by molar-refractivity contribution is 7.99. The SMILES string of the molecule is COCCC(C)C(N)CSC1CCCCC1. The highest BCUT2D eigenvalue weighted by Gasteiger charge is 2.17. The van der Waals surface area contributed by atoms with E-state index in [9.17, 15) is 0 Å². The highest BCUT2D eigenvalue weighted by atomic mass is 32.2. The lowest BCUT2D eigenvalue weighted by atomic mass is 10.0. The van der Waals surface area contributed by atoms with Crippen molar-refractivity contribution in [1.82, 2.24) is 0 Å². The summed E-state index contributed by atoms with van der Waals surface area (Å²) in [6.45, 7) is 3.08. The summed E-state index contributed by atoms with van der Waals surface area (Å²) in [5.74, 6) is 1.70. The first-order valence-electron chi connectivity index (χ1n) is 6.60. The molecule has 1 saturated carbocycles. The van der Waals surface area contributed by atoms with Gasteiger partial charge in [-0.25, -0.2) is 0 Å². The van der Waals surface area contributed by atoms with Gasteiger partial charge < -0.3 is 10.5 Å². The Bertz CT molecular complexity index is 171. The fourth-order valence-electron chi connectivity index (χ4n) is 2.16. The van der Waals surface area contributed by atoms with Crippen LogP contribution in [0.25, 0.3) is 0 Å². The largest absolute Gasteiger partial charge is 0.385 e. The maximum Gasteiger partial charge on any atom is 0.0465 e. The first-order chi connectivity index (χ1) is 7.74. The molecule has 0 spiro atoms. The Kier molecular flexibility index (Phi) is 7.50. The molecule has 16 heavy (non-hydrogen) atoms. The summed E-state index contributed by atoms with van der Waals surface area (Å²) in [5.41, 5.74) is 6.20. The molecule has 0 aromatic heterocycles. The van der Waals surface area contributed by atoms with Crippen LogP contribution in [0.2, 0.25) is 0 Å². The minimum absolute atomic E-state index is 0.335. The molecule has 2 unspecified atom stereocenters. The van der Waals surface area contributed by atoms with Crippen LogP contribution in [0.15, 0.2) is 0 Å². The van der Waals surface area contributed by atoms with Gasteiger partial charge in [-0.15, -0.1) is 0 Å². The minimum Gasteiger partial charge on any atom is -0.385 e. The van der Waals surface area contributed by atoms with E-state index >= 15 is 0 Å². The first-order valence-corrected chi connectivity index (χ1v) is 7.65. The fraction of sp³-hybridized carbons (Fsp3) is 1.00. The molecule has 3 heteroatoms. The van der Waals surface area contributed by atoms with Crippen molar-refractivity contribution in [2.75, 3.05) is 19.5 Å². The van der Waals surface area contributed by atoms with Gasteiger partial charge in [-0.2, -0.15) is 11.8 Å². The van der Waals surface area contributed by atoms with Crippen LogP contribution < -0.4 is 5.73 Å². The minimum atomic E-state index is 0.335. The number of hydrogen-bond acceptors (Lipinski definition) is 3. The summed E-state index contributed by atoms with van der Waals surface area (Å²) in [6, 6.07) is 0.335. The molecule has 0 aromatic rings. The molecule has 1 rings (SSSR count). The van der Waals surface area contributed by atoms with E-state index < -0.39 is 0 Å². The predicted octanol–water partition coefficient (Wildman–Crippen LogP) is 3.05. The molecule has 96 valence electrons. The van der Waals surface area contributed by atoms with Gasteiger partial charge in [0, 0.05) is 30.8 Å². The van der Waals surface area contributed by atoms with Crippen LogP contribution in [0.3, 0.4) is 0 Å². The molecular formula is C13H27NOS. The second-order valence-corrected chi connectivity index (χ2v) is 6.35. The van der Waals surface area contributed by atoms with E-state index in [1.165, 1.54) is 32.1 Å². The van der Waals surface area contributed by atoms with Crippen molar-refractivity contribution in [3.05, 3.63) is 0 Å². The molecule has 0 bridgehead atoms. The molecule has 0 heterocycles. The molecule has 0 amide bonds. The average Bonchev–Trinajstić information content (AvgIpc) is 2.34. The lowest BCUT2D eigenvalue weighted by molar-refractivity contribution is 0.176. The van der Waals surface area contributed by atoms with Crippen molar-refractivity contribution in [3.63, 3.8) is 0 Å². The fourth-order valence-corrected chi connectivity index (χ4v) is 3.65. The van der Waals surface area contributed by atoms with Crippen LogP contribution in [-0.2, 0) is 4.74 Å². The van der Waals surface area contributed by atoms with Gasteiger partial charge in [0.25, 0.3) is 0 Å². The Hall–Kier alpha value is 0.270. The summed E-state index contributed by atoms with van der Waals surface area (Å²) in [4.78, 5) is 0. The molecule has 2 atom stereocenters. The Morgan fingerprint density at radius 1 is 1.31 bits per heavy atom. The van der Waals surface area contributed by atoms with Crippen molar-refractivity contribution in [3.8, 4) is 0 Å². The Balaban J connectivity index is 2.10. The lowest BCUT2D eigenvalue weighted by Crippen LogP contribution is -2.32. The molecule has 1 aliphatic rings. The molecular weight excluding hydrogens is 218 g/mol. The third-order valence-corrected chi connectivity index (χ3v) is 5.10. The van der Waals surface area contributed by atoms with Gasteiger partial charge in [0.15, 0.2) is 0 Å². The van der Waals surface area contributed by atoms with Crippen molar-refractivity contribution in [1.29, 1.82) is 0 Å². The van der Waals surface area contributed by atoms with Crippen LogP contribution in [0.5, 0.6) is 0 Å². The van der Waals surface area contributed by atoms with Crippen LogP contribution in [0.1, 0.15) is 45.4 Å². The van der Waals surface area contributed by atoms with Gasteiger partial charge in [0.05, 0.1) is 0 Å². The second kappa shape index (κ2) is 8.37. The lowest BCUT2D eigenvalue weighted by Gasteiger charge is -2.25. The van der Waals surface area contributed by atoms with Gasteiger partial charge in [0.2, 0.25) is 0 Å². The topological polar surface area (TPSA) is 35.2 Å². The average molecular weight is 245 g/mol. The van der Waals surface area contributed by atoms with Crippen molar-refractivity contribution in [2.24, 2.45) is 11.7 Å². The van der Waals surface area contributed by atoms with E-state index in [1.807, 2.05) is 0 Å². The van der Waals surface area contributed by atoms with Gasteiger partial charge in [0.1, 0.15) is 0 Å². The quantitative estimate of drug-likeness (QED) is 0.749. The summed E-state index contributed by atoms with van der Waals surface area (Å²) in [7, 11) is 1.76. The van der Waals surface area contributed by atoms with Gasteiger partial charge >= 0.3 is 0 Å². The second-order valence-electron chi connectivity index (χ2n) is 5.02. The normalized spacial score (nSPS) is 21.9. The monoisotopic (exact) mass is 245 g/mol. The van der Waals surface area contributed by atoms with E-state index in [2.05, 4.69) is 18.7 Å². The number of ether oxygens (including phenoxy) is 1. The third kappa shape index (κ3) is 5.55. The van der Waals surface area contributed by atoms with Crippen molar-refractivity contribution >= 4 is 11.8 Å². The van der Waals surface area contributed by atoms with E-state index in [0.29, 0.717) is 12.0 Å². The summed E-state index contributed by atoms with van der Waals surface area (Å²) in [6.07, 6.45) is 8.18. The zero-order valence-corrected chi connectivity index (χ0v) is 11.6. The highest BCUT2D eigenvalue weighted by Crippen LogP contribution is 2.29. The Morgan fingerprint density at radius 2 is 2.00 bits per heavy atom. The smallest absolute Gasteiger partial charge is 0.0465 e. The summed E-state index contributed by atoms with van der Waals surface area (Å²) < 4.78 is 5.09. The van der Waals surface area contributed by atoms with Crippen LogP contribution in [0, 0.1) is 5.92 Å². The van der Waals surface area contributed by atoms with E-state index in [0.717, 1.165) is 24.0 Å². The molecule has 1 aliphatic carbocycles. The predicted molar refractivity (Wildman–Crippen MR) is 73.0 cm³/mol. The van der Waals surface area contributed by atoms with E-state index in [4.69, 9.17) is 10.5 Å². The first kappa shape index (κ1) is 14.3. The number of rotatable bonds is 7. The Labute approximate surface area is 105 Å². The summed E-state index contributed by atoms with van der Waals surface area (Å²) >= 11 is 2.10. The number of hydrogen-bond donors (Lipinski definition) is 1. The molecule has 0 aliphatic heterocycles. The molecule has 0 saturated heterocycles. The van der Waals surface area contributed by atoms with Crippen molar-refractivity contribution < 1.29 is 4.74 Å². The van der Waals surface area contributed by atoms with Gasteiger partial charge in [-0.1, -0.05) is 26.2 Å². The van der Waals surface area contributed by atoms with E-state index in [1.54, 1.807) is 7.11 Å². The standard InChI is InChI=1S/C13H27NOS/c1-11(8-9-15-2)13(14)10-16-12-6-4-3-5-7-12/h11-13H,3-10,14H2,1-2H3. The van der Waals surface area contributed by atoms with Crippen LogP contribution >= 0.6 is 11.8 Å². The van der Waals surface area contributed by atoms with Crippen LogP contribution in [-0.4, -0.2) is 30.8 Å². The van der Waals surface area contributed by atoms with Crippen molar-refractivity contribution in [2.45, 2.75) is 56.7 Å². The molecule has 0 aromatic carbocycles. The summed E-state index contributed by atoms with van der Waals surface area (Å²) in [5, 5.41) is 0.884. The Morgan fingerprint density at radius 3 is 2.62 bits per heavy atom. The molecule has 2 N–H and O–H groups in total. The number of nitrogens with two attached hydrogens (primary N) is 1. The maximum absolute atomic E-state index is 6.20. The molecule has 0 radical (unpaired) electrons. The number of methoxy groups -OCH3 is 1. The zero-order chi connectivity index (χ0) is 11.8. The third-order valence-electron chi connectivity index (χ3n) is 3.58. The zero-order valence-electron chi connectivity index (χ0n) is 10.8. The van der Waals surface area contributed by atoms with Gasteiger partial charge in [-0.3, -0.25) is 0 Å². The van der Waals surface area contributed by atoms with Gasteiger partial charge in [-0.05, 0) is 25.2 Å². The number of thioether (sulfide) groups is 1. The molecule has 1 fully saturated rings.